The maximum atomic E-state index is 6.09. The van der Waals surface area contributed by atoms with Gasteiger partial charge in [-0.1, -0.05) is 29.8 Å². The third-order valence-corrected chi connectivity index (χ3v) is 2.92. The van der Waals surface area contributed by atoms with Crippen molar-refractivity contribution in [3.8, 4) is 0 Å². The number of benzene rings is 1. The molecule has 2 nitrogen and oxygen atoms in total. The van der Waals surface area contributed by atoms with E-state index in [0.717, 1.165) is 10.6 Å². The van der Waals surface area contributed by atoms with Gasteiger partial charge in [0, 0.05) is 11.6 Å². The van der Waals surface area contributed by atoms with Crippen molar-refractivity contribution in [1.82, 2.24) is 0 Å². The van der Waals surface area contributed by atoms with Crippen LogP contribution < -0.4 is 5.73 Å². The average molecular weight is 198 g/mol. The first-order valence-electron chi connectivity index (χ1n) is 4.31. The summed E-state index contributed by atoms with van der Waals surface area (Å²) in [5.74, 6) is 0. The van der Waals surface area contributed by atoms with Gasteiger partial charge in [-0.05, 0) is 11.6 Å². The molecule has 1 aliphatic heterocycles. The third kappa shape index (κ3) is 1.35. The van der Waals surface area contributed by atoms with E-state index in [1.807, 2.05) is 24.3 Å². The van der Waals surface area contributed by atoms with E-state index in [9.17, 15) is 0 Å². The van der Waals surface area contributed by atoms with E-state index in [2.05, 4.69) is 0 Å². The lowest BCUT2D eigenvalue weighted by Gasteiger charge is -2.41. The molecule has 1 saturated heterocycles. The van der Waals surface area contributed by atoms with Crippen molar-refractivity contribution in [2.75, 3.05) is 19.8 Å². The van der Waals surface area contributed by atoms with Gasteiger partial charge in [0.15, 0.2) is 0 Å². The molecule has 13 heavy (non-hydrogen) atoms. The lowest BCUT2D eigenvalue weighted by molar-refractivity contribution is -0.0549. The van der Waals surface area contributed by atoms with Crippen molar-refractivity contribution < 1.29 is 4.74 Å². The van der Waals surface area contributed by atoms with Gasteiger partial charge >= 0.3 is 0 Å². The van der Waals surface area contributed by atoms with Crippen LogP contribution in [0.4, 0.5) is 0 Å². The summed E-state index contributed by atoms with van der Waals surface area (Å²) in [6.07, 6.45) is 0. The Labute approximate surface area is 82.6 Å². The molecule has 0 aliphatic carbocycles. The van der Waals surface area contributed by atoms with E-state index in [-0.39, 0.29) is 5.41 Å². The quantitative estimate of drug-likeness (QED) is 0.781. The highest BCUT2D eigenvalue weighted by Gasteiger charge is 2.40. The minimum absolute atomic E-state index is 0.0294. The fourth-order valence-corrected chi connectivity index (χ4v) is 1.96. The largest absolute Gasteiger partial charge is 0.379 e. The van der Waals surface area contributed by atoms with Crippen LogP contribution in [0.1, 0.15) is 5.56 Å². The first kappa shape index (κ1) is 9.00. The second kappa shape index (κ2) is 3.29. The number of ether oxygens (including phenoxy) is 1. The molecule has 2 rings (SSSR count). The molecular weight excluding hydrogens is 186 g/mol. The summed E-state index contributed by atoms with van der Waals surface area (Å²) >= 11 is 6.09. The van der Waals surface area contributed by atoms with E-state index >= 15 is 0 Å². The van der Waals surface area contributed by atoms with Crippen LogP contribution in [0.3, 0.4) is 0 Å². The fourth-order valence-electron chi connectivity index (χ4n) is 1.62. The van der Waals surface area contributed by atoms with E-state index in [1.54, 1.807) is 0 Å². The van der Waals surface area contributed by atoms with Gasteiger partial charge < -0.3 is 10.5 Å². The molecule has 1 fully saturated rings. The van der Waals surface area contributed by atoms with Crippen LogP contribution >= 0.6 is 11.6 Å². The normalized spacial score (nSPS) is 19.5. The van der Waals surface area contributed by atoms with E-state index < -0.39 is 0 Å². The van der Waals surface area contributed by atoms with Crippen LogP contribution in [0.15, 0.2) is 24.3 Å². The summed E-state index contributed by atoms with van der Waals surface area (Å²) in [6, 6.07) is 7.83. The van der Waals surface area contributed by atoms with Gasteiger partial charge in [-0.25, -0.2) is 0 Å². The van der Waals surface area contributed by atoms with Gasteiger partial charge in [0.1, 0.15) is 0 Å². The van der Waals surface area contributed by atoms with Crippen molar-refractivity contribution in [2.24, 2.45) is 5.73 Å². The molecule has 3 heteroatoms. The van der Waals surface area contributed by atoms with Crippen LogP contribution in [0.5, 0.6) is 0 Å². The maximum absolute atomic E-state index is 6.09. The van der Waals surface area contributed by atoms with Crippen LogP contribution in [0.25, 0.3) is 0 Å². The summed E-state index contributed by atoms with van der Waals surface area (Å²) in [6.45, 7) is 1.97. The summed E-state index contributed by atoms with van der Waals surface area (Å²) in [5, 5.41) is 0.788. The van der Waals surface area contributed by atoms with Crippen molar-refractivity contribution in [3.63, 3.8) is 0 Å². The zero-order valence-electron chi connectivity index (χ0n) is 7.29. The molecule has 1 aromatic carbocycles. The average Bonchev–Trinajstić information content (AvgIpc) is 2.07. The standard InChI is InChI=1S/C10H12ClNO/c11-9-4-2-1-3-8(9)10(5-12)6-13-7-10/h1-4H,5-7,12H2. The number of rotatable bonds is 2. The van der Waals surface area contributed by atoms with E-state index in [1.165, 1.54) is 0 Å². The molecule has 0 radical (unpaired) electrons. The summed E-state index contributed by atoms with van der Waals surface area (Å²) < 4.78 is 5.20. The third-order valence-electron chi connectivity index (χ3n) is 2.59. The first-order chi connectivity index (χ1) is 6.28. The highest BCUT2D eigenvalue weighted by molar-refractivity contribution is 6.31. The van der Waals surface area contributed by atoms with Crippen molar-refractivity contribution in [1.29, 1.82) is 0 Å². The Morgan fingerprint density at radius 2 is 2.08 bits per heavy atom. The molecule has 70 valence electrons. The van der Waals surface area contributed by atoms with Gasteiger partial charge in [0.2, 0.25) is 0 Å². The minimum atomic E-state index is -0.0294. The van der Waals surface area contributed by atoms with Gasteiger partial charge in [-0.2, -0.15) is 0 Å². The molecule has 0 unspecified atom stereocenters. The van der Waals surface area contributed by atoms with Gasteiger partial charge in [0.05, 0.1) is 18.6 Å². The monoisotopic (exact) mass is 197 g/mol. The van der Waals surface area contributed by atoms with Crippen molar-refractivity contribution in [2.45, 2.75) is 5.41 Å². The molecular formula is C10H12ClNO. The Balaban J connectivity index is 2.38. The second-order valence-corrected chi connectivity index (χ2v) is 3.86. The Morgan fingerprint density at radius 1 is 1.38 bits per heavy atom. The Kier molecular flexibility index (Phi) is 2.28. The first-order valence-corrected chi connectivity index (χ1v) is 4.69. The van der Waals surface area contributed by atoms with Gasteiger partial charge in [-0.15, -0.1) is 0 Å². The number of halogens is 1. The van der Waals surface area contributed by atoms with Crippen LogP contribution in [0.2, 0.25) is 5.02 Å². The molecule has 0 bridgehead atoms. The number of hydrogen-bond donors (Lipinski definition) is 1. The summed E-state index contributed by atoms with van der Waals surface area (Å²) in [7, 11) is 0. The Bertz CT molecular complexity index is 304. The summed E-state index contributed by atoms with van der Waals surface area (Å²) in [4.78, 5) is 0. The van der Waals surface area contributed by atoms with E-state index in [0.29, 0.717) is 19.8 Å². The van der Waals surface area contributed by atoms with Crippen molar-refractivity contribution in [3.05, 3.63) is 34.9 Å². The number of hydrogen-bond acceptors (Lipinski definition) is 2. The Morgan fingerprint density at radius 3 is 2.54 bits per heavy atom. The molecule has 1 aromatic rings. The predicted octanol–water partition coefficient (Wildman–Crippen LogP) is 1.57. The predicted molar refractivity (Wildman–Crippen MR) is 53.0 cm³/mol. The molecule has 0 atom stereocenters. The zero-order chi connectivity index (χ0) is 9.31. The second-order valence-electron chi connectivity index (χ2n) is 3.46. The molecule has 0 aromatic heterocycles. The van der Waals surface area contributed by atoms with Gasteiger partial charge in [-0.3, -0.25) is 0 Å². The molecule has 1 heterocycles. The minimum Gasteiger partial charge on any atom is -0.379 e. The SMILES string of the molecule is NCC1(c2ccccc2Cl)COC1. The van der Waals surface area contributed by atoms with Crippen LogP contribution in [-0.4, -0.2) is 19.8 Å². The smallest absolute Gasteiger partial charge is 0.0598 e. The molecule has 1 aliphatic rings. The maximum Gasteiger partial charge on any atom is 0.0598 e. The lowest BCUT2D eigenvalue weighted by atomic mass is 9.79. The highest BCUT2D eigenvalue weighted by Crippen LogP contribution is 2.35. The lowest BCUT2D eigenvalue weighted by Crippen LogP contribution is -2.52. The van der Waals surface area contributed by atoms with Crippen LogP contribution in [0, 0.1) is 0 Å². The van der Waals surface area contributed by atoms with Crippen LogP contribution in [-0.2, 0) is 10.2 Å². The topological polar surface area (TPSA) is 35.2 Å². The molecule has 2 N–H and O–H groups in total. The Hall–Kier alpha value is -0.570. The van der Waals surface area contributed by atoms with Crippen molar-refractivity contribution >= 4 is 11.6 Å². The number of nitrogens with two attached hydrogens (primary N) is 1. The molecule has 0 amide bonds. The van der Waals surface area contributed by atoms with E-state index in [4.69, 9.17) is 22.1 Å². The highest BCUT2D eigenvalue weighted by atomic mass is 35.5. The summed E-state index contributed by atoms with van der Waals surface area (Å²) in [5.41, 5.74) is 6.82. The molecule has 0 saturated carbocycles. The van der Waals surface area contributed by atoms with Gasteiger partial charge in [0.25, 0.3) is 0 Å². The fraction of sp³-hybridized carbons (Fsp3) is 0.400. The zero-order valence-corrected chi connectivity index (χ0v) is 8.05. The molecule has 0 spiro atoms.